The first-order chi connectivity index (χ1) is 6.13. The van der Waals surface area contributed by atoms with Gasteiger partial charge >= 0.3 is 0 Å². The van der Waals surface area contributed by atoms with E-state index in [2.05, 4.69) is 29.3 Å². The van der Waals surface area contributed by atoms with Gasteiger partial charge in [-0.05, 0) is 32.3 Å². The van der Waals surface area contributed by atoms with Crippen LogP contribution in [0.1, 0.15) is 29.8 Å². The topological polar surface area (TPSA) is 54.7 Å². The maximum atomic E-state index is 6.25. The summed E-state index contributed by atoms with van der Waals surface area (Å²) in [7, 11) is 0. The lowest BCUT2D eigenvalue weighted by Gasteiger charge is -2.21. The van der Waals surface area contributed by atoms with Crippen LogP contribution in [0.2, 0.25) is 0 Å². The largest absolute Gasteiger partial charge is 0.320 e. The molecule has 0 aromatic carbocycles. The molecule has 0 radical (unpaired) electrons. The van der Waals surface area contributed by atoms with Crippen LogP contribution in [0.25, 0.3) is 0 Å². The number of aromatic amines is 1. The molecule has 13 heavy (non-hydrogen) atoms. The molecule has 1 aromatic heterocycles. The summed E-state index contributed by atoms with van der Waals surface area (Å²) in [4.78, 5) is 0. The zero-order valence-electron chi connectivity index (χ0n) is 8.09. The third-order valence-corrected chi connectivity index (χ3v) is 2.86. The lowest BCUT2D eigenvalue weighted by Crippen LogP contribution is -2.34. The Kier molecular flexibility index (Phi) is 1.77. The molecule has 0 saturated carbocycles. The maximum Gasteiger partial charge on any atom is 0.0858 e. The number of nitrogens with one attached hydrogen (secondary N) is 1. The van der Waals surface area contributed by atoms with Crippen molar-refractivity contribution in [3.05, 3.63) is 29.1 Å². The summed E-state index contributed by atoms with van der Waals surface area (Å²) < 4.78 is 0. The van der Waals surface area contributed by atoms with E-state index in [1.165, 1.54) is 5.56 Å². The van der Waals surface area contributed by atoms with Gasteiger partial charge in [0.25, 0.3) is 0 Å². The van der Waals surface area contributed by atoms with Gasteiger partial charge in [-0.25, -0.2) is 0 Å². The summed E-state index contributed by atoms with van der Waals surface area (Å²) in [6.45, 7) is 4.10. The van der Waals surface area contributed by atoms with Gasteiger partial charge in [-0.3, -0.25) is 5.10 Å². The first-order valence-electron chi connectivity index (χ1n) is 4.59. The van der Waals surface area contributed by atoms with Crippen molar-refractivity contribution >= 4 is 0 Å². The lowest BCUT2D eigenvalue weighted by atomic mass is 9.91. The predicted molar refractivity (Wildman–Crippen MR) is 52.3 cm³/mol. The Morgan fingerprint density at radius 3 is 2.46 bits per heavy atom. The Morgan fingerprint density at radius 1 is 1.38 bits per heavy atom. The van der Waals surface area contributed by atoms with Gasteiger partial charge in [0.1, 0.15) is 0 Å². The van der Waals surface area contributed by atoms with Crippen LogP contribution in [0.3, 0.4) is 0 Å². The maximum absolute atomic E-state index is 6.25. The minimum Gasteiger partial charge on any atom is -0.320 e. The van der Waals surface area contributed by atoms with Gasteiger partial charge in [-0.2, -0.15) is 5.10 Å². The SMILES string of the molecule is Cc1[nH]nc(C2(N)CC=CC2)c1C. The van der Waals surface area contributed by atoms with Gasteiger partial charge in [-0.1, -0.05) is 12.2 Å². The van der Waals surface area contributed by atoms with Crippen LogP contribution in [0.4, 0.5) is 0 Å². The second kappa shape index (κ2) is 2.70. The molecule has 0 saturated heterocycles. The van der Waals surface area contributed by atoms with Gasteiger partial charge in [-0.15, -0.1) is 0 Å². The van der Waals surface area contributed by atoms with Gasteiger partial charge in [0, 0.05) is 5.69 Å². The van der Waals surface area contributed by atoms with Crippen LogP contribution >= 0.6 is 0 Å². The van der Waals surface area contributed by atoms with E-state index >= 15 is 0 Å². The van der Waals surface area contributed by atoms with Gasteiger partial charge in [0.05, 0.1) is 11.2 Å². The molecule has 2 rings (SSSR count). The van der Waals surface area contributed by atoms with Crippen LogP contribution in [-0.4, -0.2) is 10.2 Å². The fourth-order valence-electron chi connectivity index (χ4n) is 1.83. The fraction of sp³-hybridized carbons (Fsp3) is 0.500. The molecule has 1 heterocycles. The standard InChI is InChI=1S/C10H15N3/c1-7-8(2)12-13-9(7)10(11)5-3-4-6-10/h3-4H,5-6,11H2,1-2H3,(H,12,13). The Labute approximate surface area is 78.0 Å². The van der Waals surface area contributed by atoms with Crippen molar-refractivity contribution in [2.75, 3.05) is 0 Å². The molecule has 0 fully saturated rings. The molecule has 0 unspecified atom stereocenters. The van der Waals surface area contributed by atoms with Crippen LogP contribution in [0.5, 0.6) is 0 Å². The highest BCUT2D eigenvalue weighted by molar-refractivity contribution is 5.31. The fourth-order valence-corrected chi connectivity index (χ4v) is 1.83. The highest BCUT2D eigenvalue weighted by atomic mass is 15.1. The van der Waals surface area contributed by atoms with Gasteiger partial charge < -0.3 is 5.73 Å². The molecule has 0 atom stereocenters. The number of H-pyrrole nitrogens is 1. The molecule has 0 amide bonds. The molecule has 1 aliphatic rings. The van der Waals surface area contributed by atoms with Crippen LogP contribution in [-0.2, 0) is 5.54 Å². The number of rotatable bonds is 1. The van der Waals surface area contributed by atoms with E-state index in [-0.39, 0.29) is 5.54 Å². The molecular formula is C10H15N3. The third kappa shape index (κ3) is 1.20. The summed E-state index contributed by atoms with van der Waals surface area (Å²) in [6.07, 6.45) is 6.06. The van der Waals surface area contributed by atoms with Crippen molar-refractivity contribution in [1.82, 2.24) is 10.2 Å². The molecule has 1 aromatic rings. The summed E-state index contributed by atoms with van der Waals surface area (Å²) in [5.74, 6) is 0. The van der Waals surface area contributed by atoms with Gasteiger partial charge in [0.15, 0.2) is 0 Å². The van der Waals surface area contributed by atoms with E-state index in [0.717, 1.165) is 24.2 Å². The number of hydrogen-bond acceptors (Lipinski definition) is 2. The van der Waals surface area contributed by atoms with Crippen LogP contribution in [0.15, 0.2) is 12.2 Å². The molecule has 3 heteroatoms. The van der Waals surface area contributed by atoms with E-state index in [0.29, 0.717) is 0 Å². The molecule has 3 nitrogen and oxygen atoms in total. The Hall–Kier alpha value is -1.09. The van der Waals surface area contributed by atoms with E-state index in [1.807, 2.05) is 6.92 Å². The minimum atomic E-state index is -0.255. The van der Waals surface area contributed by atoms with Crippen molar-refractivity contribution < 1.29 is 0 Å². The molecule has 3 N–H and O–H groups in total. The zero-order chi connectivity index (χ0) is 9.47. The first kappa shape index (κ1) is 8.51. The molecule has 0 bridgehead atoms. The summed E-state index contributed by atoms with van der Waals surface area (Å²) >= 11 is 0. The number of aromatic nitrogens is 2. The number of hydrogen-bond donors (Lipinski definition) is 2. The molecule has 0 spiro atoms. The third-order valence-electron chi connectivity index (χ3n) is 2.86. The Morgan fingerprint density at radius 2 is 2.00 bits per heavy atom. The van der Waals surface area contributed by atoms with Crippen molar-refractivity contribution in [2.24, 2.45) is 5.73 Å². The predicted octanol–water partition coefficient (Wildman–Crippen LogP) is 1.53. The second-order valence-electron chi connectivity index (χ2n) is 3.86. The summed E-state index contributed by atoms with van der Waals surface area (Å²) in [6, 6.07) is 0. The molecule has 1 aliphatic carbocycles. The highest BCUT2D eigenvalue weighted by Gasteiger charge is 2.32. The Bertz CT molecular complexity index is 341. The number of nitrogens with two attached hydrogens (primary N) is 1. The van der Waals surface area contributed by atoms with Gasteiger partial charge in [0.2, 0.25) is 0 Å². The van der Waals surface area contributed by atoms with Crippen molar-refractivity contribution in [2.45, 2.75) is 32.2 Å². The van der Waals surface area contributed by atoms with Crippen LogP contribution < -0.4 is 5.73 Å². The highest BCUT2D eigenvalue weighted by Crippen LogP contribution is 2.32. The Balaban J connectivity index is 2.40. The lowest BCUT2D eigenvalue weighted by molar-refractivity contribution is 0.461. The molecule has 0 aliphatic heterocycles. The van der Waals surface area contributed by atoms with E-state index < -0.39 is 0 Å². The van der Waals surface area contributed by atoms with E-state index in [9.17, 15) is 0 Å². The number of nitrogens with zero attached hydrogens (tertiary/aromatic N) is 1. The van der Waals surface area contributed by atoms with Crippen LogP contribution in [0, 0.1) is 13.8 Å². The summed E-state index contributed by atoms with van der Waals surface area (Å²) in [5.41, 5.74) is 9.34. The van der Waals surface area contributed by atoms with E-state index in [4.69, 9.17) is 5.73 Å². The van der Waals surface area contributed by atoms with Crippen molar-refractivity contribution in [3.8, 4) is 0 Å². The van der Waals surface area contributed by atoms with Crippen molar-refractivity contribution in [1.29, 1.82) is 0 Å². The molecule has 70 valence electrons. The van der Waals surface area contributed by atoms with Crippen molar-refractivity contribution in [3.63, 3.8) is 0 Å². The minimum absolute atomic E-state index is 0.255. The second-order valence-corrected chi connectivity index (χ2v) is 3.86. The normalized spacial score (nSPS) is 19.6. The average Bonchev–Trinajstić information content (AvgIpc) is 2.63. The quantitative estimate of drug-likeness (QED) is 0.639. The number of aryl methyl sites for hydroxylation is 1. The van der Waals surface area contributed by atoms with E-state index in [1.54, 1.807) is 0 Å². The average molecular weight is 177 g/mol. The molecular weight excluding hydrogens is 162 g/mol. The first-order valence-corrected chi connectivity index (χ1v) is 4.59. The smallest absolute Gasteiger partial charge is 0.0858 e. The summed E-state index contributed by atoms with van der Waals surface area (Å²) in [5, 5.41) is 7.26. The monoisotopic (exact) mass is 177 g/mol. The zero-order valence-corrected chi connectivity index (χ0v) is 8.09.